The Morgan fingerprint density at radius 3 is 1.41 bits per heavy atom. The van der Waals surface area contributed by atoms with E-state index in [2.05, 4.69) is 67.4 Å². The highest BCUT2D eigenvalue weighted by molar-refractivity contribution is 6.81. The molecule has 0 saturated carbocycles. The smallest absolute Gasteiger partial charge is 0.192 e. The summed E-state index contributed by atoms with van der Waals surface area (Å²) in [4.78, 5) is 0. The average molecular weight is 275 g/mol. The zero-order valence-electron chi connectivity index (χ0n) is 13.8. The van der Waals surface area contributed by atoms with Crippen LogP contribution >= 0.6 is 0 Å². The highest BCUT2D eigenvalue weighted by Crippen LogP contribution is 2.47. The third-order valence-corrected chi connectivity index (χ3v) is 13.9. The Bertz CT molecular complexity index is 247. The van der Waals surface area contributed by atoms with Crippen molar-refractivity contribution in [1.82, 2.24) is 0 Å². The largest absolute Gasteiger partial charge is 0.415 e. The van der Waals surface area contributed by atoms with E-state index in [1.165, 1.54) is 12.8 Å². The van der Waals surface area contributed by atoms with Crippen LogP contribution in [0.25, 0.3) is 0 Å². The fourth-order valence-electron chi connectivity index (χ4n) is 2.02. The van der Waals surface area contributed by atoms with Gasteiger partial charge in [0.05, 0.1) is 8.07 Å². The lowest BCUT2D eigenvalue weighted by molar-refractivity contribution is 0.159. The molecule has 0 aromatic heterocycles. The fourth-order valence-corrected chi connectivity index (χ4v) is 7.23. The third-order valence-electron chi connectivity index (χ3n) is 5.33. The van der Waals surface area contributed by atoms with Gasteiger partial charge in [-0.25, -0.2) is 0 Å². The molecule has 0 spiro atoms. The van der Waals surface area contributed by atoms with Crippen molar-refractivity contribution in [3.8, 4) is 0 Å². The second-order valence-corrected chi connectivity index (χ2v) is 17.8. The van der Waals surface area contributed by atoms with E-state index in [1.807, 2.05) is 0 Å². The van der Waals surface area contributed by atoms with Crippen LogP contribution in [0.3, 0.4) is 0 Å². The van der Waals surface area contributed by atoms with E-state index in [4.69, 9.17) is 4.43 Å². The molecular formula is C14H34OSi2. The van der Waals surface area contributed by atoms with E-state index in [9.17, 15) is 0 Å². The summed E-state index contributed by atoms with van der Waals surface area (Å²) in [6, 6.07) is 0. The molecular weight excluding hydrogens is 240 g/mol. The van der Waals surface area contributed by atoms with Gasteiger partial charge in [-0.2, -0.15) is 0 Å². The van der Waals surface area contributed by atoms with E-state index in [-0.39, 0.29) is 5.22 Å². The summed E-state index contributed by atoms with van der Waals surface area (Å²) < 4.78 is 6.74. The van der Waals surface area contributed by atoms with Crippen LogP contribution in [0.2, 0.25) is 37.8 Å². The molecule has 0 aromatic carbocycles. The van der Waals surface area contributed by atoms with Crippen LogP contribution in [0.15, 0.2) is 0 Å². The van der Waals surface area contributed by atoms with Crippen LogP contribution in [-0.2, 0) is 4.43 Å². The van der Waals surface area contributed by atoms with E-state index >= 15 is 0 Å². The molecule has 104 valence electrons. The molecule has 1 nitrogen and oxygen atoms in total. The minimum atomic E-state index is -1.67. The van der Waals surface area contributed by atoms with Gasteiger partial charge in [0.25, 0.3) is 0 Å². The van der Waals surface area contributed by atoms with Crippen LogP contribution in [0, 0.1) is 0 Å². The summed E-state index contributed by atoms with van der Waals surface area (Å²) in [5.74, 6) is 0. The zero-order valence-corrected chi connectivity index (χ0v) is 15.8. The molecule has 0 aliphatic rings. The van der Waals surface area contributed by atoms with Gasteiger partial charge in [-0.15, -0.1) is 0 Å². The van der Waals surface area contributed by atoms with Crippen molar-refractivity contribution in [3.63, 3.8) is 0 Å². The fraction of sp³-hybridized carbons (Fsp3) is 1.00. The summed E-state index contributed by atoms with van der Waals surface area (Å²) in [7, 11) is -2.95. The van der Waals surface area contributed by atoms with Crippen molar-refractivity contribution >= 4 is 16.4 Å². The molecule has 0 radical (unpaired) electrons. The predicted octanol–water partition coefficient (Wildman–Crippen LogP) is 5.44. The van der Waals surface area contributed by atoms with Gasteiger partial charge in [0.2, 0.25) is 0 Å². The molecule has 0 unspecified atom stereocenters. The Morgan fingerprint density at radius 1 is 0.824 bits per heavy atom. The zero-order chi connectivity index (χ0) is 14.1. The second-order valence-electron chi connectivity index (χ2n) is 7.64. The Labute approximate surface area is 111 Å². The Hall–Kier alpha value is 0.394. The van der Waals surface area contributed by atoms with Crippen molar-refractivity contribution in [2.45, 2.75) is 90.5 Å². The van der Waals surface area contributed by atoms with Crippen LogP contribution in [0.4, 0.5) is 0 Å². The molecule has 0 aliphatic heterocycles. The standard InChI is InChI=1S/C14H34OSi2/c1-11-14(5,12-2)17(9,10)15-13(3,4)16(6,7)8/h11-12H2,1-10H3. The summed E-state index contributed by atoms with van der Waals surface area (Å²) in [5.41, 5.74) is 0. The first-order valence-corrected chi connectivity index (χ1v) is 13.4. The molecule has 0 N–H and O–H groups in total. The van der Waals surface area contributed by atoms with Crippen LogP contribution in [0.5, 0.6) is 0 Å². The number of rotatable bonds is 6. The molecule has 17 heavy (non-hydrogen) atoms. The maximum Gasteiger partial charge on any atom is 0.192 e. The normalized spacial score (nSPS) is 15.2. The molecule has 0 saturated heterocycles. The number of hydrogen-bond donors (Lipinski definition) is 0. The lowest BCUT2D eigenvalue weighted by atomic mass is 10.1. The topological polar surface area (TPSA) is 9.23 Å². The van der Waals surface area contributed by atoms with Gasteiger partial charge >= 0.3 is 0 Å². The first-order valence-electron chi connectivity index (χ1n) is 7.03. The number of hydrogen-bond acceptors (Lipinski definition) is 1. The van der Waals surface area contributed by atoms with Crippen LogP contribution < -0.4 is 0 Å². The lowest BCUT2D eigenvalue weighted by Gasteiger charge is -2.49. The molecule has 0 rings (SSSR count). The van der Waals surface area contributed by atoms with Gasteiger partial charge in [0.1, 0.15) is 0 Å². The molecule has 0 bridgehead atoms. The maximum atomic E-state index is 6.74. The predicted molar refractivity (Wildman–Crippen MR) is 84.9 cm³/mol. The van der Waals surface area contributed by atoms with Gasteiger partial charge in [-0.3, -0.25) is 0 Å². The van der Waals surface area contributed by atoms with Gasteiger partial charge in [0.15, 0.2) is 8.32 Å². The Morgan fingerprint density at radius 2 is 1.18 bits per heavy atom. The quantitative estimate of drug-likeness (QED) is 0.586. The van der Waals surface area contributed by atoms with E-state index < -0.39 is 16.4 Å². The molecule has 0 atom stereocenters. The molecule has 0 fully saturated rings. The molecule has 0 heterocycles. The summed E-state index contributed by atoms with van der Waals surface area (Å²) in [6.45, 7) is 23.7. The minimum absolute atomic E-state index is 0.0777. The Kier molecular flexibility index (Phi) is 5.30. The molecule has 0 aliphatic carbocycles. The van der Waals surface area contributed by atoms with Gasteiger partial charge < -0.3 is 4.43 Å². The highest BCUT2D eigenvalue weighted by Gasteiger charge is 2.48. The van der Waals surface area contributed by atoms with Crippen molar-refractivity contribution in [2.24, 2.45) is 0 Å². The first kappa shape index (κ1) is 17.4. The van der Waals surface area contributed by atoms with Crippen LogP contribution in [0.1, 0.15) is 47.5 Å². The van der Waals surface area contributed by atoms with Crippen molar-refractivity contribution in [3.05, 3.63) is 0 Å². The third kappa shape index (κ3) is 3.68. The van der Waals surface area contributed by atoms with Crippen molar-refractivity contribution in [2.75, 3.05) is 0 Å². The average Bonchev–Trinajstić information content (AvgIpc) is 2.12. The summed E-state index contributed by atoms with van der Waals surface area (Å²) in [6.07, 6.45) is 2.45. The minimum Gasteiger partial charge on any atom is -0.415 e. The SMILES string of the molecule is CCC(C)(CC)[Si](C)(C)OC(C)(C)[Si](C)(C)C. The monoisotopic (exact) mass is 274 g/mol. The second kappa shape index (κ2) is 5.18. The van der Waals surface area contributed by atoms with E-state index in [1.54, 1.807) is 0 Å². The van der Waals surface area contributed by atoms with E-state index in [0.29, 0.717) is 5.04 Å². The highest BCUT2D eigenvalue weighted by atomic mass is 28.4. The summed E-state index contributed by atoms with van der Waals surface area (Å²) >= 11 is 0. The van der Waals surface area contributed by atoms with Crippen LogP contribution in [-0.4, -0.2) is 21.6 Å². The first-order chi connectivity index (χ1) is 7.33. The lowest BCUT2D eigenvalue weighted by Crippen LogP contribution is -2.58. The van der Waals surface area contributed by atoms with Gasteiger partial charge in [0, 0.05) is 5.22 Å². The Balaban J connectivity index is 5.12. The summed E-state index contributed by atoms with van der Waals surface area (Å²) in [5, 5.41) is 0.470. The molecule has 0 amide bonds. The van der Waals surface area contributed by atoms with Gasteiger partial charge in [-0.1, -0.05) is 53.3 Å². The molecule has 3 heteroatoms. The maximum absolute atomic E-state index is 6.74. The van der Waals surface area contributed by atoms with Crippen molar-refractivity contribution in [1.29, 1.82) is 0 Å². The van der Waals surface area contributed by atoms with Crippen molar-refractivity contribution < 1.29 is 4.43 Å². The molecule has 0 aromatic rings. The van der Waals surface area contributed by atoms with E-state index in [0.717, 1.165) is 0 Å². The van der Waals surface area contributed by atoms with Gasteiger partial charge in [-0.05, 0) is 32.0 Å².